The van der Waals surface area contributed by atoms with Gasteiger partial charge in [-0.3, -0.25) is 9.69 Å². The molecular weight excluding hydrogens is 520 g/mol. The molecule has 10 heteroatoms. The molecular formula is C31H40N6O4. The van der Waals surface area contributed by atoms with Crippen molar-refractivity contribution in [2.75, 3.05) is 27.4 Å². The molecule has 4 aromatic rings. The van der Waals surface area contributed by atoms with Crippen LogP contribution in [0.3, 0.4) is 0 Å². The first-order valence-electron chi connectivity index (χ1n) is 14.4. The minimum atomic E-state index is -0.0965. The lowest BCUT2D eigenvalue weighted by molar-refractivity contribution is 0.0893. The number of fused-ring (bicyclic) bond motifs is 1. The molecule has 41 heavy (non-hydrogen) atoms. The van der Waals surface area contributed by atoms with E-state index in [1.54, 1.807) is 14.2 Å². The molecule has 0 unspecified atom stereocenters. The summed E-state index contributed by atoms with van der Waals surface area (Å²) in [7, 11) is 3.28. The molecule has 10 nitrogen and oxygen atoms in total. The monoisotopic (exact) mass is 560 g/mol. The quantitative estimate of drug-likeness (QED) is 0.270. The van der Waals surface area contributed by atoms with E-state index in [1.165, 1.54) is 0 Å². The van der Waals surface area contributed by atoms with Gasteiger partial charge < -0.3 is 19.2 Å². The lowest BCUT2D eigenvalue weighted by Crippen LogP contribution is -2.34. The van der Waals surface area contributed by atoms with Gasteiger partial charge in [-0.25, -0.2) is 4.68 Å². The maximum atomic E-state index is 13.3. The fourth-order valence-electron chi connectivity index (χ4n) is 5.87. The zero-order valence-corrected chi connectivity index (χ0v) is 24.6. The first-order chi connectivity index (χ1) is 19.9. The van der Waals surface area contributed by atoms with Gasteiger partial charge in [-0.2, -0.15) is 0 Å². The van der Waals surface area contributed by atoms with Crippen LogP contribution in [0.4, 0.5) is 0 Å². The molecule has 0 amide bonds. The third-order valence-electron chi connectivity index (χ3n) is 7.98. The summed E-state index contributed by atoms with van der Waals surface area (Å²) in [4.78, 5) is 18.8. The van der Waals surface area contributed by atoms with Gasteiger partial charge >= 0.3 is 0 Å². The summed E-state index contributed by atoms with van der Waals surface area (Å²) in [5.41, 5.74) is 4.88. The van der Waals surface area contributed by atoms with Crippen LogP contribution in [-0.4, -0.2) is 63.6 Å². The van der Waals surface area contributed by atoms with Crippen molar-refractivity contribution in [1.29, 1.82) is 0 Å². The number of tetrazole rings is 1. The second-order valence-electron chi connectivity index (χ2n) is 10.9. The minimum absolute atomic E-state index is 0.0765. The highest BCUT2D eigenvalue weighted by atomic mass is 16.5. The van der Waals surface area contributed by atoms with Crippen LogP contribution in [0.1, 0.15) is 60.3 Å². The van der Waals surface area contributed by atoms with Gasteiger partial charge in [0.25, 0.3) is 5.56 Å². The van der Waals surface area contributed by atoms with E-state index in [1.807, 2.05) is 35.9 Å². The molecule has 0 saturated carbocycles. The third-order valence-corrected chi connectivity index (χ3v) is 7.98. The Morgan fingerprint density at radius 3 is 2.71 bits per heavy atom. The van der Waals surface area contributed by atoms with Gasteiger partial charge in [0.2, 0.25) is 0 Å². The Labute approximate surface area is 240 Å². The molecule has 0 spiro atoms. The molecule has 5 rings (SSSR count). The summed E-state index contributed by atoms with van der Waals surface area (Å²) in [6.45, 7) is 8.80. The van der Waals surface area contributed by atoms with Crippen LogP contribution in [-0.2, 0) is 24.2 Å². The van der Waals surface area contributed by atoms with Crippen LogP contribution in [0, 0.1) is 13.8 Å². The van der Waals surface area contributed by atoms with Crippen molar-refractivity contribution in [2.45, 2.75) is 71.7 Å². The van der Waals surface area contributed by atoms with Gasteiger partial charge in [-0.1, -0.05) is 19.1 Å². The van der Waals surface area contributed by atoms with Gasteiger partial charge in [-0.05, 0) is 90.9 Å². The topological polar surface area (TPSA) is 107 Å². The number of aromatic amines is 1. The van der Waals surface area contributed by atoms with Gasteiger partial charge in [0.15, 0.2) is 17.3 Å². The maximum Gasteiger partial charge on any atom is 0.252 e. The molecule has 1 N–H and O–H groups in total. The van der Waals surface area contributed by atoms with Crippen LogP contribution in [0.5, 0.6) is 11.5 Å². The summed E-state index contributed by atoms with van der Waals surface area (Å²) >= 11 is 0. The normalized spacial score (nSPS) is 16.0. The SMILES string of the molecule is CC[C@@H](c1nnnn1C[C@@H]1CCCO1)N(CCc1ccc(OC)c(OC)c1)Cc1cc2c(C)cc(C)cc2[nH]c1=O. The molecule has 1 aliphatic heterocycles. The van der Waals surface area contributed by atoms with Crippen LogP contribution >= 0.6 is 0 Å². The number of H-pyrrole nitrogens is 1. The summed E-state index contributed by atoms with van der Waals surface area (Å²) in [5.74, 6) is 2.18. The average Bonchev–Trinajstić information content (AvgIpc) is 3.65. The Hall–Kier alpha value is -3.76. The number of aryl methyl sites for hydroxylation is 2. The van der Waals surface area contributed by atoms with Crippen LogP contribution in [0.15, 0.2) is 41.2 Å². The number of nitrogens with one attached hydrogen (secondary N) is 1. The fraction of sp³-hybridized carbons (Fsp3) is 0.484. The van der Waals surface area contributed by atoms with Crippen LogP contribution < -0.4 is 15.0 Å². The molecule has 218 valence electrons. The molecule has 2 aromatic carbocycles. The number of ether oxygens (including phenoxy) is 3. The third kappa shape index (κ3) is 6.44. The highest BCUT2D eigenvalue weighted by molar-refractivity contribution is 5.83. The molecule has 2 aromatic heterocycles. The predicted octanol–water partition coefficient (Wildman–Crippen LogP) is 4.52. The highest BCUT2D eigenvalue weighted by Gasteiger charge is 2.28. The summed E-state index contributed by atoms with van der Waals surface area (Å²) in [5, 5.41) is 13.9. The number of methoxy groups -OCH3 is 2. The number of hydrogen-bond acceptors (Lipinski definition) is 8. The van der Waals surface area contributed by atoms with Gasteiger partial charge in [0, 0.05) is 36.2 Å². The smallest absolute Gasteiger partial charge is 0.252 e. The van der Waals surface area contributed by atoms with Gasteiger partial charge in [0.1, 0.15) is 0 Å². The van der Waals surface area contributed by atoms with Crippen molar-refractivity contribution in [3.63, 3.8) is 0 Å². The fourth-order valence-corrected chi connectivity index (χ4v) is 5.87. The van der Waals surface area contributed by atoms with E-state index < -0.39 is 0 Å². The van der Waals surface area contributed by atoms with E-state index in [0.717, 1.165) is 65.7 Å². The van der Waals surface area contributed by atoms with E-state index in [2.05, 4.69) is 51.4 Å². The van der Waals surface area contributed by atoms with Crippen molar-refractivity contribution in [2.24, 2.45) is 0 Å². The van der Waals surface area contributed by atoms with E-state index >= 15 is 0 Å². The maximum absolute atomic E-state index is 13.3. The Morgan fingerprint density at radius 2 is 1.98 bits per heavy atom. The summed E-state index contributed by atoms with van der Waals surface area (Å²) < 4.78 is 18.7. The lowest BCUT2D eigenvalue weighted by atomic mass is 10.0. The molecule has 1 aliphatic rings. The van der Waals surface area contributed by atoms with E-state index in [9.17, 15) is 4.79 Å². The molecule has 2 atom stereocenters. The number of nitrogens with zero attached hydrogens (tertiary/aromatic N) is 5. The lowest BCUT2D eigenvalue weighted by Gasteiger charge is -2.30. The van der Waals surface area contributed by atoms with Gasteiger partial charge in [-0.15, -0.1) is 5.10 Å². The molecule has 1 saturated heterocycles. The van der Waals surface area contributed by atoms with E-state index in [0.29, 0.717) is 36.7 Å². The average molecular weight is 561 g/mol. The summed E-state index contributed by atoms with van der Waals surface area (Å²) in [6.07, 6.45) is 3.70. The second-order valence-corrected chi connectivity index (χ2v) is 10.9. The Kier molecular flexibility index (Phi) is 8.99. The van der Waals surface area contributed by atoms with E-state index in [-0.39, 0.29) is 17.7 Å². The van der Waals surface area contributed by atoms with Crippen LogP contribution in [0.2, 0.25) is 0 Å². The molecule has 3 heterocycles. The van der Waals surface area contributed by atoms with Crippen molar-refractivity contribution in [3.8, 4) is 11.5 Å². The number of aromatic nitrogens is 5. The number of pyridine rings is 1. The first kappa shape index (κ1) is 28.8. The molecule has 0 bridgehead atoms. The second kappa shape index (κ2) is 12.8. The molecule has 1 fully saturated rings. The number of rotatable bonds is 12. The predicted molar refractivity (Wildman–Crippen MR) is 158 cm³/mol. The zero-order chi connectivity index (χ0) is 28.9. The zero-order valence-electron chi connectivity index (χ0n) is 24.6. The van der Waals surface area contributed by atoms with Crippen molar-refractivity contribution >= 4 is 10.9 Å². The van der Waals surface area contributed by atoms with Crippen LogP contribution in [0.25, 0.3) is 10.9 Å². The van der Waals surface area contributed by atoms with Crippen molar-refractivity contribution in [3.05, 3.63) is 74.8 Å². The number of benzene rings is 2. The van der Waals surface area contributed by atoms with Gasteiger partial charge in [0.05, 0.1) is 32.9 Å². The molecule has 0 aliphatic carbocycles. The Morgan fingerprint density at radius 1 is 1.15 bits per heavy atom. The Balaban J connectivity index is 1.48. The first-order valence-corrected chi connectivity index (χ1v) is 14.4. The van der Waals surface area contributed by atoms with Crippen molar-refractivity contribution < 1.29 is 14.2 Å². The van der Waals surface area contributed by atoms with E-state index in [4.69, 9.17) is 14.2 Å². The summed E-state index contributed by atoms with van der Waals surface area (Å²) in [6, 6.07) is 12.1. The largest absolute Gasteiger partial charge is 0.493 e. The Bertz CT molecular complexity index is 1540. The van der Waals surface area contributed by atoms with Crippen molar-refractivity contribution in [1.82, 2.24) is 30.1 Å². The highest BCUT2D eigenvalue weighted by Crippen LogP contribution is 2.30. The molecule has 0 radical (unpaired) electrons. The minimum Gasteiger partial charge on any atom is -0.493 e. The standard InChI is InChI=1S/C31H40N6O4/c1-6-27(30-33-34-35-37(30)19-24-8-7-13-41-24)36(12-11-22-9-10-28(39-4)29(16-22)40-5)18-23-17-25-21(3)14-20(2)15-26(25)32-31(23)38/h9-10,14-17,24,27H,6-8,11-13,18-19H2,1-5H3,(H,32,38)/t24-,27-/m0/s1. The number of hydrogen-bond donors (Lipinski definition) is 1.